The molecule has 1 aliphatic rings. The molecule has 4 nitrogen and oxygen atoms in total. The Balaban J connectivity index is 1.95. The zero-order valence-electron chi connectivity index (χ0n) is 16.8. The first-order valence-electron chi connectivity index (χ1n) is 10.0. The topological polar surface area (TPSA) is 47.6 Å². The lowest BCUT2D eigenvalue weighted by Crippen LogP contribution is -2.42. The maximum atomic E-state index is 14.4. The summed E-state index contributed by atoms with van der Waals surface area (Å²) in [7, 11) is -3.61. The van der Waals surface area contributed by atoms with E-state index in [4.69, 9.17) is 9.05 Å². The lowest BCUT2D eigenvalue weighted by atomic mass is 10.0. The summed E-state index contributed by atoms with van der Waals surface area (Å²) in [5, 5.41) is 2.55. The van der Waals surface area contributed by atoms with E-state index < -0.39 is 12.9 Å². The average Bonchev–Trinajstić information content (AvgIpc) is 3.05. The van der Waals surface area contributed by atoms with Crippen molar-refractivity contribution in [2.24, 2.45) is 0 Å². The van der Waals surface area contributed by atoms with Crippen LogP contribution in [0.1, 0.15) is 30.5 Å². The fourth-order valence-electron chi connectivity index (χ4n) is 4.19. The van der Waals surface area contributed by atoms with E-state index in [2.05, 4.69) is 29.6 Å². The zero-order valence-corrected chi connectivity index (χ0v) is 17.7. The van der Waals surface area contributed by atoms with Crippen molar-refractivity contribution >= 4 is 7.60 Å². The second kappa shape index (κ2) is 8.25. The lowest BCUT2D eigenvalue weighted by molar-refractivity contribution is 0.194. The van der Waals surface area contributed by atoms with Crippen molar-refractivity contribution in [1.29, 1.82) is 0 Å². The molecule has 150 valence electrons. The van der Waals surface area contributed by atoms with Crippen molar-refractivity contribution in [3.8, 4) is 11.1 Å². The van der Waals surface area contributed by atoms with E-state index in [1.165, 1.54) is 0 Å². The standard InChI is InChI=1S/C24H26NO3P/c1-3-27-29(26,28-4-2)24(25-18-19-12-6-5-7-13-19)22-16-10-8-14-20(22)21-15-9-11-17-23(21)24/h5-17,25H,3-4,18H2,1-2H3. The fourth-order valence-corrected chi connectivity index (χ4v) is 6.59. The van der Waals surface area contributed by atoms with Crippen LogP contribution in [0, 0.1) is 0 Å². The molecule has 0 saturated heterocycles. The third-order valence-electron chi connectivity index (χ3n) is 5.32. The van der Waals surface area contributed by atoms with Crippen molar-refractivity contribution in [2.75, 3.05) is 13.2 Å². The Morgan fingerprint density at radius 1 is 0.759 bits per heavy atom. The predicted molar refractivity (Wildman–Crippen MR) is 117 cm³/mol. The number of benzene rings is 3. The van der Waals surface area contributed by atoms with Gasteiger partial charge in [0.25, 0.3) is 0 Å². The van der Waals surface area contributed by atoms with Crippen LogP contribution in [0.25, 0.3) is 11.1 Å². The second-order valence-corrected chi connectivity index (χ2v) is 9.16. The summed E-state index contributed by atoms with van der Waals surface area (Å²) in [4.78, 5) is 0. The third-order valence-corrected chi connectivity index (χ3v) is 7.98. The minimum Gasteiger partial charge on any atom is -0.307 e. The van der Waals surface area contributed by atoms with Crippen molar-refractivity contribution < 1.29 is 13.6 Å². The molecule has 0 spiro atoms. The van der Waals surface area contributed by atoms with E-state index in [-0.39, 0.29) is 0 Å². The Bertz CT molecular complexity index is 980. The van der Waals surface area contributed by atoms with E-state index in [9.17, 15) is 4.57 Å². The van der Waals surface area contributed by atoms with E-state index in [0.717, 1.165) is 27.8 Å². The van der Waals surface area contributed by atoms with Gasteiger partial charge in [-0.25, -0.2) is 0 Å². The van der Waals surface area contributed by atoms with Crippen LogP contribution in [0.2, 0.25) is 0 Å². The highest BCUT2D eigenvalue weighted by molar-refractivity contribution is 7.55. The summed E-state index contributed by atoms with van der Waals surface area (Å²) in [6, 6.07) is 26.3. The van der Waals surface area contributed by atoms with Crippen LogP contribution in [-0.2, 0) is 25.4 Å². The lowest BCUT2D eigenvalue weighted by Gasteiger charge is -2.38. The molecule has 3 aromatic rings. The fraction of sp³-hybridized carbons (Fsp3) is 0.250. The predicted octanol–water partition coefficient (Wildman–Crippen LogP) is 5.92. The van der Waals surface area contributed by atoms with Gasteiger partial charge in [0.2, 0.25) is 0 Å². The normalized spacial score (nSPS) is 14.4. The van der Waals surface area contributed by atoms with Gasteiger partial charge in [-0.15, -0.1) is 0 Å². The Morgan fingerprint density at radius 3 is 1.76 bits per heavy atom. The minimum absolute atomic E-state index is 0.302. The molecule has 1 aliphatic carbocycles. The maximum absolute atomic E-state index is 14.4. The quantitative estimate of drug-likeness (QED) is 0.471. The summed E-state index contributed by atoms with van der Waals surface area (Å²) in [6.07, 6.45) is 0. The first-order valence-corrected chi connectivity index (χ1v) is 11.6. The molecule has 0 unspecified atom stereocenters. The highest BCUT2D eigenvalue weighted by Crippen LogP contribution is 2.70. The summed E-state index contributed by atoms with van der Waals surface area (Å²) in [6.45, 7) is 4.84. The summed E-state index contributed by atoms with van der Waals surface area (Å²) in [5.41, 5.74) is 5.09. The Labute approximate surface area is 172 Å². The highest BCUT2D eigenvalue weighted by Gasteiger charge is 2.58. The van der Waals surface area contributed by atoms with Gasteiger partial charge in [-0.1, -0.05) is 78.9 Å². The van der Waals surface area contributed by atoms with Gasteiger partial charge in [0.05, 0.1) is 13.2 Å². The van der Waals surface area contributed by atoms with E-state index in [1.807, 2.05) is 68.4 Å². The van der Waals surface area contributed by atoms with Gasteiger partial charge >= 0.3 is 7.60 Å². The molecule has 0 fully saturated rings. The van der Waals surface area contributed by atoms with E-state index in [1.54, 1.807) is 0 Å². The van der Waals surface area contributed by atoms with Crippen LogP contribution in [0.15, 0.2) is 78.9 Å². The Hall–Kier alpha value is -2.23. The minimum atomic E-state index is -3.61. The average molecular weight is 407 g/mol. The number of rotatable bonds is 8. The molecular formula is C24H26NO3P. The van der Waals surface area contributed by atoms with Gasteiger partial charge in [-0.2, -0.15) is 0 Å². The molecule has 0 amide bonds. The van der Waals surface area contributed by atoms with Crippen molar-refractivity contribution in [3.05, 3.63) is 95.6 Å². The van der Waals surface area contributed by atoms with E-state index >= 15 is 0 Å². The molecule has 5 heteroatoms. The number of hydrogen-bond donors (Lipinski definition) is 1. The number of nitrogens with one attached hydrogen (secondary N) is 1. The second-order valence-electron chi connectivity index (χ2n) is 6.97. The molecule has 29 heavy (non-hydrogen) atoms. The Morgan fingerprint density at radius 2 is 1.24 bits per heavy atom. The van der Waals surface area contributed by atoms with Gasteiger partial charge < -0.3 is 9.05 Å². The smallest absolute Gasteiger partial charge is 0.307 e. The molecule has 3 aromatic carbocycles. The van der Waals surface area contributed by atoms with Crippen LogP contribution in [-0.4, -0.2) is 13.2 Å². The van der Waals surface area contributed by atoms with Crippen molar-refractivity contribution in [3.63, 3.8) is 0 Å². The van der Waals surface area contributed by atoms with Crippen LogP contribution in [0.5, 0.6) is 0 Å². The largest absolute Gasteiger partial charge is 0.359 e. The first kappa shape index (κ1) is 20.1. The molecule has 0 aromatic heterocycles. The molecule has 4 rings (SSSR count). The molecule has 0 heterocycles. The van der Waals surface area contributed by atoms with Crippen LogP contribution in [0.4, 0.5) is 0 Å². The van der Waals surface area contributed by atoms with Crippen LogP contribution >= 0.6 is 7.60 Å². The number of hydrogen-bond acceptors (Lipinski definition) is 4. The van der Waals surface area contributed by atoms with E-state index in [0.29, 0.717) is 19.8 Å². The molecule has 0 radical (unpaired) electrons. The zero-order chi connectivity index (χ0) is 20.3. The SMILES string of the molecule is CCOP(=O)(OCC)C1(NCc2ccccc2)c2ccccc2-c2ccccc21. The molecular weight excluding hydrogens is 381 g/mol. The third kappa shape index (κ3) is 3.27. The van der Waals surface area contributed by atoms with Crippen molar-refractivity contribution in [1.82, 2.24) is 5.32 Å². The van der Waals surface area contributed by atoms with Gasteiger partial charge in [-0.05, 0) is 41.7 Å². The highest BCUT2D eigenvalue weighted by atomic mass is 31.2. The first-order chi connectivity index (χ1) is 14.2. The number of fused-ring (bicyclic) bond motifs is 3. The monoisotopic (exact) mass is 407 g/mol. The molecule has 0 atom stereocenters. The van der Waals surface area contributed by atoms with Gasteiger partial charge in [-0.3, -0.25) is 9.88 Å². The molecule has 0 saturated carbocycles. The van der Waals surface area contributed by atoms with Crippen molar-refractivity contribution in [2.45, 2.75) is 25.7 Å². The molecule has 0 aliphatic heterocycles. The molecule has 1 N–H and O–H groups in total. The maximum Gasteiger partial charge on any atom is 0.359 e. The summed E-state index contributed by atoms with van der Waals surface area (Å²) >= 11 is 0. The van der Waals surface area contributed by atoms with Crippen LogP contribution < -0.4 is 5.32 Å². The summed E-state index contributed by atoms with van der Waals surface area (Å²) < 4.78 is 26.2. The summed E-state index contributed by atoms with van der Waals surface area (Å²) in [5.74, 6) is 0. The van der Waals surface area contributed by atoms with Crippen LogP contribution in [0.3, 0.4) is 0 Å². The Kier molecular flexibility index (Phi) is 5.71. The van der Waals surface area contributed by atoms with Gasteiger partial charge in [0.1, 0.15) is 0 Å². The van der Waals surface area contributed by atoms with Gasteiger partial charge in [0, 0.05) is 6.54 Å². The molecule has 0 bridgehead atoms. The van der Waals surface area contributed by atoms with Gasteiger partial charge in [0.15, 0.2) is 5.28 Å².